The number of aldehydes is 1. The maximum Gasteiger partial charge on any atom is 0.172 e. The van der Waals surface area contributed by atoms with Gasteiger partial charge >= 0.3 is 0 Å². The van der Waals surface area contributed by atoms with E-state index in [1.54, 1.807) is 0 Å². The molecule has 8 heavy (non-hydrogen) atoms. The third-order valence-electron chi connectivity index (χ3n) is 0.756. The van der Waals surface area contributed by atoms with Crippen LogP contribution in [0.1, 0.15) is 19.8 Å². The summed E-state index contributed by atoms with van der Waals surface area (Å²) in [6.07, 6.45) is 1.91. The molecule has 0 aliphatic carbocycles. The van der Waals surface area contributed by atoms with Gasteiger partial charge in [0, 0.05) is 0 Å². The molecule has 0 atom stereocenters. The maximum absolute atomic E-state index is 9.95. The van der Waals surface area contributed by atoms with Gasteiger partial charge in [-0.1, -0.05) is 36.5 Å². The highest BCUT2D eigenvalue weighted by Crippen LogP contribution is 2.23. The van der Waals surface area contributed by atoms with E-state index in [2.05, 4.69) is 0 Å². The Morgan fingerprint density at radius 3 is 2.25 bits per heavy atom. The summed E-state index contributed by atoms with van der Waals surface area (Å²) < 4.78 is -1.14. The summed E-state index contributed by atoms with van der Waals surface area (Å²) in [6.45, 7) is 1.92. The smallest absolute Gasteiger partial charge is 0.172 e. The van der Waals surface area contributed by atoms with E-state index in [0.717, 1.165) is 6.42 Å². The second-order valence-corrected chi connectivity index (χ2v) is 3.17. The highest BCUT2D eigenvalue weighted by atomic mass is 35.5. The zero-order chi connectivity index (χ0) is 6.62. The minimum absolute atomic E-state index is 0.527. The van der Waals surface area contributed by atoms with Gasteiger partial charge in [-0.2, -0.15) is 0 Å². The Morgan fingerprint density at radius 2 is 2.12 bits per heavy atom. The van der Waals surface area contributed by atoms with E-state index in [0.29, 0.717) is 12.7 Å². The standard InChI is InChI=1S/C5H8Cl2O/c1-2-3-5(6,7)4-8/h4H,2-3H2,1H3. The molecule has 0 aromatic rings. The fourth-order valence-corrected chi connectivity index (χ4v) is 0.770. The lowest BCUT2D eigenvalue weighted by molar-refractivity contribution is -0.108. The molecule has 0 unspecified atom stereocenters. The Kier molecular flexibility index (Phi) is 3.41. The van der Waals surface area contributed by atoms with E-state index in [-0.39, 0.29) is 0 Å². The van der Waals surface area contributed by atoms with Gasteiger partial charge in [-0.05, 0) is 6.42 Å². The average molecular weight is 155 g/mol. The number of halogens is 2. The molecule has 0 fully saturated rings. The summed E-state index contributed by atoms with van der Waals surface area (Å²) in [4.78, 5) is 9.95. The quantitative estimate of drug-likeness (QED) is 0.450. The number of alkyl halides is 2. The van der Waals surface area contributed by atoms with Gasteiger partial charge in [-0.3, -0.25) is 0 Å². The van der Waals surface area contributed by atoms with Crippen LogP contribution in [0.5, 0.6) is 0 Å². The molecule has 0 aliphatic heterocycles. The average Bonchev–Trinajstić information content (AvgIpc) is 1.67. The van der Waals surface area contributed by atoms with Gasteiger partial charge in [0.15, 0.2) is 10.6 Å². The first-order valence-electron chi connectivity index (χ1n) is 2.46. The molecule has 0 aromatic heterocycles. The predicted octanol–water partition coefficient (Wildman–Crippen LogP) is 2.16. The summed E-state index contributed by atoms with van der Waals surface area (Å²) in [5.74, 6) is 0. The highest BCUT2D eigenvalue weighted by molar-refractivity contribution is 6.55. The Bertz CT molecular complexity index is 80.5. The van der Waals surface area contributed by atoms with Gasteiger partial charge in [0.25, 0.3) is 0 Å². The lowest BCUT2D eigenvalue weighted by Crippen LogP contribution is -2.12. The first-order chi connectivity index (χ1) is 3.62. The molecule has 3 heteroatoms. The van der Waals surface area contributed by atoms with Crippen molar-refractivity contribution in [2.45, 2.75) is 24.1 Å². The fourth-order valence-electron chi connectivity index (χ4n) is 0.392. The Morgan fingerprint density at radius 1 is 1.62 bits per heavy atom. The Labute approximate surface area is 59.0 Å². The van der Waals surface area contributed by atoms with Crippen molar-refractivity contribution in [3.63, 3.8) is 0 Å². The van der Waals surface area contributed by atoms with Gasteiger partial charge in [-0.15, -0.1) is 0 Å². The van der Waals surface area contributed by atoms with Gasteiger partial charge in [0.05, 0.1) is 0 Å². The van der Waals surface area contributed by atoms with E-state index < -0.39 is 4.33 Å². The molecule has 0 spiro atoms. The van der Waals surface area contributed by atoms with Gasteiger partial charge in [-0.25, -0.2) is 0 Å². The third-order valence-corrected chi connectivity index (χ3v) is 1.31. The van der Waals surface area contributed by atoms with Crippen molar-refractivity contribution in [1.29, 1.82) is 0 Å². The second-order valence-electron chi connectivity index (χ2n) is 1.63. The molecule has 0 heterocycles. The molecule has 0 rings (SSSR count). The van der Waals surface area contributed by atoms with E-state index in [1.807, 2.05) is 6.92 Å². The van der Waals surface area contributed by atoms with E-state index >= 15 is 0 Å². The summed E-state index contributed by atoms with van der Waals surface area (Å²) in [5.41, 5.74) is 0. The molecule has 48 valence electrons. The molecule has 0 saturated heterocycles. The van der Waals surface area contributed by atoms with Crippen molar-refractivity contribution in [2.75, 3.05) is 0 Å². The molecule has 0 aliphatic rings. The number of rotatable bonds is 3. The van der Waals surface area contributed by atoms with Crippen molar-refractivity contribution >= 4 is 29.5 Å². The lowest BCUT2D eigenvalue weighted by Gasteiger charge is -2.07. The minimum Gasteiger partial charge on any atom is -0.300 e. The highest BCUT2D eigenvalue weighted by Gasteiger charge is 2.20. The molecule has 0 saturated carbocycles. The van der Waals surface area contributed by atoms with Crippen LogP contribution < -0.4 is 0 Å². The van der Waals surface area contributed by atoms with E-state index in [1.165, 1.54) is 0 Å². The van der Waals surface area contributed by atoms with Crippen LogP contribution >= 0.6 is 23.2 Å². The molecule has 1 nitrogen and oxygen atoms in total. The first-order valence-corrected chi connectivity index (χ1v) is 3.22. The second kappa shape index (κ2) is 3.31. The maximum atomic E-state index is 9.95. The van der Waals surface area contributed by atoms with Crippen molar-refractivity contribution < 1.29 is 4.79 Å². The molecular weight excluding hydrogens is 147 g/mol. The SMILES string of the molecule is CCCC(Cl)(Cl)C=O. The minimum atomic E-state index is -1.14. The lowest BCUT2D eigenvalue weighted by atomic mass is 10.3. The molecule has 0 N–H and O–H groups in total. The summed E-state index contributed by atoms with van der Waals surface area (Å²) >= 11 is 10.8. The van der Waals surface area contributed by atoms with Crippen LogP contribution in [-0.4, -0.2) is 10.6 Å². The van der Waals surface area contributed by atoms with Crippen molar-refractivity contribution in [1.82, 2.24) is 0 Å². The first kappa shape index (κ1) is 8.25. The fraction of sp³-hybridized carbons (Fsp3) is 0.800. The molecule has 0 radical (unpaired) electrons. The molecular formula is C5H8Cl2O. The number of carbonyl (C=O) groups is 1. The molecule has 0 amide bonds. The van der Waals surface area contributed by atoms with Crippen molar-refractivity contribution in [3.8, 4) is 0 Å². The molecule has 0 bridgehead atoms. The van der Waals surface area contributed by atoms with Crippen molar-refractivity contribution in [2.24, 2.45) is 0 Å². The molecule has 0 aromatic carbocycles. The van der Waals surface area contributed by atoms with Crippen LogP contribution in [0.3, 0.4) is 0 Å². The number of hydrogen-bond acceptors (Lipinski definition) is 1. The van der Waals surface area contributed by atoms with Crippen LogP contribution in [-0.2, 0) is 4.79 Å². The van der Waals surface area contributed by atoms with Crippen molar-refractivity contribution in [3.05, 3.63) is 0 Å². The Hall–Kier alpha value is 0.250. The number of carbonyl (C=O) groups excluding carboxylic acids is 1. The van der Waals surface area contributed by atoms with Crippen LogP contribution in [0.4, 0.5) is 0 Å². The summed E-state index contributed by atoms with van der Waals surface area (Å²) in [7, 11) is 0. The number of hydrogen-bond donors (Lipinski definition) is 0. The normalized spacial score (nSPS) is 11.4. The van der Waals surface area contributed by atoms with E-state index in [9.17, 15) is 4.79 Å². The third kappa shape index (κ3) is 3.28. The topological polar surface area (TPSA) is 17.1 Å². The predicted molar refractivity (Wildman–Crippen MR) is 35.4 cm³/mol. The van der Waals surface area contributed by atoms with Gasteiger partial charge in [0.2, 0.25) is 0 Å². The zero-order valence-corrected chi connectivity index (χ0v) is 6.17. The monoisotopic (exact) mass is 154 g/mol. The Balaban J connectivity index is 3.53. The summed E-state index contributed by atoms with van der Waals surface area (Å²) in [5, 5.41) is 0. The van der Waals surface area contributed by atoms with Gasteiger partial charge < -0.3 is 4.79 Å². The van der Waals surface area contributed by atoms with E-state index in [4.69, 9.17) is 23.2 Å². The van der Waals surface area contributed by atoms with Crippen LogP contribution in [0.25, 0.3) is 0 Å². The van der Waals surface area contributed by atoms with Crippen LogP contribution in [0.2, 0.25) is 0 Å². The van der Waals surface area contributed by atoms with Crippen LogP contribution in [0, 0.1) is 0 Å². The summed E-state index contributed by atoms with van der Waals surface area (Å²) in [6, 6.07) is 0. The zero-order valence-electron chi connectivity index (χ0n) is 4.66. The van der Waals surface area contributed by atoms with Crippen LogP contribution in [0.15, 0.2) is 0 Å². The van der Waals surface area contributed by atoms with Gasteiger partial charge in [0.1, 0.15) is 0 Å². The largest absolute Gasteiger partial charge is 0.300 e.